The lowest BCUT2D eigenvalue weighted by atomic mass is 10.1. The minimum atomic E-state index is -4.58. The fraction of sp³-hybridized carbons (Fsp3) is 0.250. The third-order valence-electron chi connectivity index (χ3n) is 2.35. The Hall–Kier alpha value is -1.98. The number of halogens is 3. The minimum Gasteiger partial charge on any atom is -0.508 e. The van der Waals surface area contributed by atoms with Gasteiger partial charge in [0.05, 0.1) is 5.71 Å². The molecule has 0 radical (unpaired) electrons. The second-order valence-corrected chi connectivity index (χ2v) is 3.71. The maximum atomic E-state index is 12.3. The number of hydrogen-bond acceptors (Lipinski definition) is 3. The summed E-state index contributed by atoms with van der Waals surface area (Å²) >= 11 is 0. The van der Waals surface area contributed by atoms with Crippen LogP contribution in [-0.2, 0) is 0 Å². The molecule has 3 nitrogen and oxygen atoms in total. The van der Waals surface area contributed by atoms with E-state index in [9.17, 15) is 18.3 Å². The molecule has 1 aromatic carbocycles. The average Bonchev–Trinajstić information content (AvgIpc) is 2.28. The number of benzene rings is 1. The number of alkyl halides is 3. The maximum absolute atomic E-state index is 12.3. The molecule has 6 heteroatoms. The number of nitrogens with two attached hydrogens (primary N) is 1. The van der Waals surface area contributed by atoms with Gasteiger partial charge in [0.15, 0.2) is 0 Å². The predicted molar refractivity (Wildman–Crippen MR) is 63.6 cm³/mol. The lowest BCUT2D eigenvalue weighted by molar-refractivity contribution is -0.0925. The van der Waals surface area contributed by atoms with E-state index in [1.807, 2.05) is 0 Å². The fourth-order valence-electron chi connectivity index (χ4n) is 1.32. The molecule has 0 unspecified atom stereocenters. The molecule has 0 atom stereocenters. The second kappa shape index (κ2) is 5.12. The Morgan fingerprint density at radius 1 is 1.39 bits per heavy atom. The van der Waals surface area contributed by atoms with E-state index < -0.39 is 11.9 Å². The van der Waals surface area contributed by atoms with Gasteiger partial charge in [0.25, 0.3) is 0 Å². The zero-order valence-corrected chi connectivity index (χ0v) is 9.92. The monoisotopic (exact) mass is 258 g/mol. The first-order chi connectivity index (χ1) is 8.25. The summed E-state index contributed by atoms with van der Waals surface area (Å²) in [7, 11) is 1.37. The Bertz CT molecular complexity index is 505. The summed E-state index contributed by atoms with van der Waals surface area (Å²) in [5, 5.41) is 9.35. The largest absolute Gasteiger partial charge is 0.508 e. The molecule has 0 fully saturated rings. The summed E-state index contributed by atoms with van der Waals surface area (Å²) in [6.45, 7) is 1.64. The van der Waals surface area contributed by atoms with Crippen molar-refractivity contribution in [3.05, 3.63) is 41.1 Å². The number of aryl methyl sites for hydroxylation is 1. The Morgan fingerprint density at radius 2 is 2.00 bits per heavy atom. The molecule has 0 heterocycles. The van der Waals surface area contributed by atoms with Crippen molar-refractivity contribution in [2.45, 2.75) is 13.1 Å². The summed E-state index contributed by atoms with van der Waals surface area (Å²) in [4.78, 5) is 3.76. The van der Waals surface area contributed by atoms with Crippen LogP contribution in [0.15, 0.2) is 35.0 Å². The van der Waals surface area contributed by atoms with Crippen LogP contribution in [0.25, 0.3) is 0 Å². The van der Waals surface area contributed by atoms with Gasteiger partial charge in [-0.15, -0.1) is 0 Å². The van der Waals surface area contributed by atoms with Gasteiger partial charge in [-0.1, -0.05) is 0 Å². The molecule has 0 aliphatic carbocycles. The molecule has 3 N–H and O–H groups in total. The molecular weight excluding hydrogens is 245 g/mol. The first kappa shape index (κ1) is 14.1. The Labute approximate surface area is 102 Å². The Balaban J connectivity index is 3.17. The number of hydrogen-bond donors (Lipinski definition) is 2. The van der Waals surface area contributed by atoms with Crippen molar-refractivity contribution >= 4 is 5.71 Å². The van der Waals surface area contributed by atoms with Crippen LogP contribution in [0.1, 0.15) is 11.1 Å². The van der Waals surface area contributed by atoms with Crippen molar-refractivity contribution in [2.24, 2.45) is 10.7 Å². The molecule has 0 amide bonds. The molecule has 0 bridgehead atoms. The number of aliphatic imine (C=N–C) groups is 1. The SMILES string of the molecule is CN=C(C=C(N)C(F)(F)F)c1ccc(O)c(C)c1. The van der Waals surface area contributed by atoms with E-state index in [1.54, 1.807) is 6.92 Å². The van der Waals surface area contributed by atoms with Crippen LogP contribution in [0.2, 0.25) is 0 Å². The molecule has 18 heavy (non-hydrogen) atoms. The zero-order chi connectivity index (χ0) is 13.9. The quantitative estimate of drug-likeness (QED) is 0.801. The summed E-state index contributed by atoms with van der Waals surface area (Å²) in [5.74, 6) is 0.0713. The normalized spacial score (nSPS) is 13.8. The molecule has 98 valence electrons. The van der Waals surface area contributed by atoms with Gasteiger partial charge in [0.2, 0.25) is 0 Å². The molecule has 0 spiro atoms. The molecule has 1 aromatic rings. The number of aromatic hydroxyl groups is 1. The Kier molecular flexibility index (Phi) is 4.00. The predicted octanol–water partition coefficient (Wildman–Crippen LogP) is 2.52. The third-order valence-corrected chi connectivity index (χ3v) is 2.35. The van der Waals surface area contributed by atoms with Crippen molar-refractivity contribution in [2.75, 3.05) is 7.05 Å². The minimum absolute atomic E-state index is 0.0713. The van der Waals surface area contributed by atoms with E-state index in [2.05, 4.69) is 4.99 Å². The van der Waals surface area contributed by atoms with Crippen LogP contribution in [0.5, 0.6) is 5.75 Å². The van der Waals surface area contributed by atoms with Crippen molar-refractivity contribution in [1.29, 1.82) is 0 Å². The van der Waals surface area contributed by atoms with Crippen LogP contribution < -0.4 is 5.73 Å². The second-order valence-electron chi connectivity index (χ2n) is 3.71. The number of nitrogens with zero attached hydrogens (tertiary/aromatic N) is 1. The zero-order valence-electron chi connectivity index (χ0n) is 9.92. The van der Waals surface area contributed by atoms with Crippen LogP contribution in [0.4, 0.5) is 13.2 Å². The lowest BCUT2D eigenvalue weighted by Gasteiger charge is -2.08. The Morgan fingerprint density at radius 3 is 2.44 bits per heavy atom. The van der Waals surface area contributed by atoms with Gasteiger partial charge in [0, 0.05) is 12.6 Å². The molecule has 0 aromatic heterocycles. The molecule has 0 aliphatic heterocycles. The fourth-order valence-corrected chi connectivity index (χ4v) is 1.32. The van der Waals surface area contributed by atoms with E-state index >= 15 is 0 Å². The van der Waals surface area contributed by atoms with E-state index in [1.165, 1.54) is 25.2 Å². The molecular formula is C12H13F3N2O. The van der Waals surface area contributed by atoms with Gasteiger partial charge in [-0.25, -0.2) is 0 Å². The van der Waals surface area contributed by atoms with Gasteiger partial charge >= 0.3 is 6.18 Å². The van der Waals surface area contributed by atoms with Crippen LogP contribution >= 0.6 is 0 Å². The summed E-state index contributed by atoms with van der Waals surface area (Å²) in [5.41, 5.74) is 4.84. The van der Waals surface area contributed by atoms with E-state index in [4.69, 9.17) is 5.73 Å². The van der Waals surface area contributed by atoms with E-state index in [0.29, 0.717) is 11.1 Å². The number of allylic oxidation sites excluding steroid dienone is 2. The summed E-state index contributed by atoms with van der Waals surface area (Å²) in [6.07, 6.45) is -3.81. The highest BCUT2D eigenvalue weighted by atomic mass is 19.4. The van der Waals surface area contributed by atoms with Gasteiger partial charge in [-0.05, 0) is 36.8 Å². The highest BCUT2D eigenvalue weighted by Crippen LogP contribution is 2.23. The third kappa shape index (κ3) is 3.26. The molecule has 1 rings (SSSR count). The smallest absolute Gasteiger partial charge is 0.430 e. The van der Waals surface area contributed by atoms with Crippen molar-refractivity contribution in [3.8, 4) is 5.75 Å². The molecule has 0 aliphatic rings. The van der Waals surface area contributed by atoms with Crippen LogP contribution in [0, 0.1) is 6.92 Å². The van der Waals surface area contributed by atoms with Gasteiger partial charge in [0.1, 0.15) is 11.4 Å². The van der Waals surface area contributed by atoms with Crippen molar-refractivity contribution in [1.82, 2.24) is 0 Å². The highest BCUT2D eigenvalue weighted by molar-refractivity contribution is 6.09. The summed E-state index contributed by atoms with van der Waals surface area (Å²) in [6, 6.07) is 4.41. The van der Waals surface area contributed by atoms with E-state index in [-0.39, 0.29) is 11.5 Å². The van der Waals surface area contributed by atoms with Crippen molar-refractivity contribution < 1.29 is 18.3 Å². The molecule has 0 saturated carbocycles. The van der Waals surface area contributed by atoms with Gasteiger partial charge < -0.3 is 10.8 Å². The summed E-state index contributed by atoms with van der Waals surface area (Å²) < 4.78 is 37.0. The standard InChI is InChI=1S/C12H13F3N2O/c1-7-5-8(3-4-10(7)18)9(17-2)6-11(16)12(13,14)15/h3-6,18H,16H2,1-2H3. The van der Waals surface area contributed by atoms with Gasteiger partial charge in [-0.3, -0.25) is 4.99 Å². The first-order valence-corrected chi connectivity index (χ1v) is 5.07. The van der Waals surface area contributed by atoms with E-state index in [0.717, 1.165) is 6.08 Å². The lowest BCUT2D eigenvalue weighted by Crippen LogP contribution is -2.20. The van der Waals surface area contributed by atoms with Crippen LogP contribution in [-0.4, -0.2) is 24.0 Å². The topological polar surface area (TPSA) is 58.6 Å². The van der Waals surface area contributed by atoms with Crippen LogP contribution in [0.3, 0.4) is 0 Å². The molecule has 0 saturated heterocycles. The van der Waals surface area contributed by atoms with Gasteiger partial charge in [-0.2, -0.15) is 13.2 Å². The highest BCUT2D eigenvalue weighted by Gasteiger charge is 2.31. The first-order valence-electron chi connectivity index (χ1n) is 5.07. The number of phenolic OH excluding ortho intramolecular Hbond substituents is 1. The van der Waals surface area contributed by atoms with Crippen molar-refractivity contribution in [3.63, 3.8) is 0 Å². The number of phenols is 1. The maximum Gasteiger partial charge on any atom is 0.430 e. The number of rotatable bonds is 2. The average molecular weight is 258 g/mol.